The van der Waals surface area contributed by atoms with Crippen LogP contribution in [0.2, 0.25) is 0 Å². The van der Waals surface area contributed by atoms with Gasteiger partial charge in [0.25, 0.3) is 0 Å². The molecule has 0 radical (unpaired) electrons. The van der Waals surface area contributed by atoms with Crippen molar-refractivity contribution in [2.24, 2.45) is 0 Å². The SMILES string of the molecule is COc1ccc2c(Cc3cccc4ccccc34)cccc2c1. The summed E-state index contributed by atoms with van der Waals surface area (Å²) in [4.78, 5) is 0. The normalized spacial score (nSPS) is 11.0. The molecule has 0 N–H and O–H groups in total. The van der Waals surface area contributed by atoms with E-state index in [1.807, 2.05) is 6.07 Å². The predicted octanol–water partition coefficient (Wildman–Crippen LogP) is 5.59. The van der Waals surface area contributed by atoms with Crippen molar-refractivity contribution in [3.63, 3.8) is 0 Å². The second kappa shape index (κ2) is 5.77. The van der Waals surface area contributed by atoms with Gasteiger partial charge in [-0.25, -0.2) is 0 Å². The van der Waals surface area contributed by atoms with Gasteiger partial charge in [0.05, 0.1) is 7.11 Å². The summed E-state index contributed by atoms with van der Waals surface area (Å²) in [6.07, 6.45) is 0.936. The van der Waals surface area contributed by atoms with Gasteiger partial charge in [0.2, 0.25) is 0 Å². The fraction of sp³-hybridized carbons (Fsp3) is 0.0909. The number of benzene rings is 4. The largest absolute Gasteiger partial charge is 0.497 e. The van der Waals surface area contributed by atoms with Crippen LogP contribution in [0.4, 0.5) is 0 Å². The lowest BCUT2D eigenvalue weighted by molar-refractivity contribution is 0.415. The van der Waals surface area contributed by atoms with Crippen LogP contribution >= 0.6 is 0 Å². The van der Waals surface area contributed by atoms with Crippen LogP contribution in [-0.4, -0.2) is 7.11 Å². The van der Waals surface area contributed by atoms with Gasteiger partial charge in [-0.05, 0) is 51.2 Å². The van der Waals surface area contributed by atoms with Crippen molar-refractivity contribution in [3.05, 3.63) is 90.0 Å². The van der Waals surface area contributed by atoms with Crippen LogP contribution in [0.5, 0.6) is 5.75 Å². The van der Waals surface area contributed by atoms with E-state index >= 15 is 0 Å². The van der Waals surface area contributed by atoms with Gasteiger partial charge in [0, 0.05) is 0 Å². The fourth-order valence-electron chi connectivity index (χ4n) is 3.26. The maximum Gasteiger partial charge on any atom is 0.119 e. The molecule has 0 aliphatic rings. The van der Waals surface area contributed by atoms with Gasteiger partial charge >= 0.3 is 0 Å². The molecule has 0 saturated carbocycles. The van der Waals surface area contributed by atoms with Crippen LogP contribution in [0.15, 0.2) is 78.9 Å². The quantitative estimate of drug-likeness (QED) is 0.479. The molecule has 4 aromatic rings. The maximum atomic E-state index is 5.34. The molecule has 0 amide bonds. The molecule has 1 nitrogen and oxygen atoms in total. The second-order valence-electron chi connectivity index (χ2n) is 5.82. The van der Waals surface area contributed by atoms with E-state index in [1.165, 1.54) is 32.7 Å². The first-order valence-electron chi connectivity index (χ1n) is 7.87. The summed E-state index contributed by atoms with van der Waals surface area (Å²) in [6.45, 7) is 0. The molecule has 112 valence electrons. The van der Waals surface area contributed by atoms with Crippen molar-refractivity contribution in [3.8, 4) is 5.75 Å². The third kappa shape index (κ3) is 2.55. The van der Waals surface area contributed by atoms with Crippen LogP contribution in [0, 0.1) is 0 Å². The third-order valence-corrected chi connectivity index (χ3v) is 4.44. The summed E-state index contributed by atoms with van der Waals surface area (Å²) in [5.41, 5.74) is 2.72. The molecule has 0 bridgehead atoms. The summed E-state index contributed by atoms with van der Waals surface area (Å²) in [7, 11) is 1.71. The fourth-order valence-corrected chi connectivity index (χ4v) is 3.26. The van der Waals surface area contributed by atoms with E-state index in [1.54, 1.807) is 7.11 Å². The van der Waals surface area contributed by atoms with E-state index in [4.69, 9.17) is 4.74 Å². The first kappa shape index (κ1) is 13.8. The first-order chi connectivity index (χ1) is 11.3. The molecule has 0 atom stereocenters. The molecule has 0 saturated heterocycles. The molecule has 0 aliphatic heterocycles. The van der Waals surface area contributed by atoms with Crippen LogP contribution in [0.3, 0.4) is 0 Å². The molecule has 4 rings (SSSR count). The summed E-state index contributed by atoms with van der Waals surface area (Å²) in [5, 5.41) is 5.15. The van der Waals surface area contributed by atoms with Crippen molar-refractivity contribution < 1.29 is 4.74 Å². The topological polar surface area (TPSA) is 9.23 Å². The van der Waals surface area contributed by atoms with Crippen molar-refractivity contribution in [1.82, 2.24) is 0 Å². The molecule has 0 unspecified atom stereocenters. The van der Waals surface area contributed by atoms with E-state index < -0.39 is 0 Å². The molecular weight excluding hydrogens is 280 g/mol. The van der Waals surface area contributed by atoms with Crippen molar-refractivity contribution in [2.45, 2.75) is 6.42 Å². The predicted molar refractivity (Wildman–Crippen MR) is 97.3 cm³/mol. The van der Waals surface area contributed by atoms with Crippen molar-refractivity contribution in [2.75, 3.05) is 7.11 Å². The smallest absolute Gasteiger partial charge is 0.119 e. The van der Waals surface area contributed by atoms with E-state index in [0.29, 0.717) is 0 Å². The monoisotopic (exact) mass is 298 g/mol. The van der Waals surface area contributed by atoms with E-state index in [0.717, 1.165) is 12.2 Å². The average Bonchev–Trinajstić information content (AvgIpc) is 2.62. The Morgan fingerprint density at radius 1 is 0.652 bits per heavy atom. The minimum absolute atomic E-state index is 0.903. The standard InChI is InChI=1S/C22H18O/c1-23-20-12-13-22-18(9-5-10-19(22)15-20)14-17-8-4-7-16-6-2-3-11-21(16)17/h2-13,15H,14H2,1H3. The first-order valence-corrected chi connectivity index (χ1v) is 7.87. The van der Waals surface area contributed by atoms with Gasteiger partial charge < -0.3 is 4.74 Å². The highest BCUT2D eigenvalue weighted by Gasteiger charge is 2.06. The maximum absolute atomic E-state index is 5.34. The minimum Gasteiger partial charge on any atom is -0.497 e. The molecule has 0 aliphatic carbocycles. The van der Waals surface area contributed by atoms with E-state index in [2.05, 4.69) is 72.8 Å². The lowest BCUT2D eigenvalue weighted by Crippen LogP contribution is -1.92. The van der Waals surface area contributed by atoms with Gasteiger partial charge in [-0.2, -0.15) is 0 Å². The Kier molecular flexibility index (Phi) is 3.47. The molecule has 0 spiro atoms. The van der Waals surface area contributed by atoms with Crippen molar-refractivity contribution in [1.29, 1.82) is 0 Å². The summed E-state index contributed by atoms with van der Waals surface area (Å²) >= 11 is 0. The Labute approximate surface area is 136 Å². The molecule has 23 heavy (non-hydrogen) atoms. The zero-order chi connectivity index (χ0) is 15.6. The second-order valence-corrected chi connectivity index (χ2v) is 5.82. The highest BCUT2D eigenvalue weighted by atomic mass is 16.5. The van der Waals surface area contributed by atoms with E-state index in [9.17, 15) is 0 Å². The lowest BCUT2D eigenvalue weighted by Gasteiger charge is -2.10. The number of hydrogen-bond donors (Lipinski definition) is 0. The molecule has 1 heteroatoms. The molecule has 0 fully saturated rings. The number of hydrogen-bond acceptors (Lipinski definition) is 1. The van der Waals surface area contributed by atoms with Crippen LogP contribution in [0.25, 0.3) is 21.5 Å². The highest BCUT2D eigenvalue weighted by molar-refractivity contribution is 5.89. The summed E-state index contributed by atoms with van der Waals surface area (Å²) < 4.78 is 5.34. The number of ether oxygens (including phenoxy) is 1. The molecule has 0 aromatic heterocycles. The van der Waals surface area contributed by atoms with Crippen LogP contribution in [0.1, 0.15) is 11.1 Å². The Hall–Kier alpha value is -2.80. The van der Waals surface area contributed by atoms with Crippen LogP contribution < -0.4 is 4.74 Å². The van der Waals surface area contributed by atoms with Gasteiger partial charge in [0.1, 0.15) is 5.75 Å². The lowest BCUT2D eigenvalue weighted by atomic mass is 9.95. The Morgan fingerprint density at radius 3 is 2.09 bits per heavy atom. The Balaban J connectivity index is 1.83. The number of rotatable bonds is 3. The number of methoxy groups -OCH3 is 1. The van der Waals surface area contributed by atoms with Crippen LogP contribution in [-0.2, 0) is 6.42 Å². The zero-order valence-electron chi connectivity index (χ0n) is 13.1. The molecular formula is C22H18O. The average molecular weight is 298 g/mol. The number of fused-ring (bicyclic) bond motifs is 2. The summed E-state index contributed by atoms with van der Waals surface area (Å²) in [6, 6.07) is 27.9. The zero-order valence-corrected chi connectivity index (χ0v) is 13.1. The van der Waals surface area contributed by atoms with Gasteiger partial charge in [-0.1, -0.05) is 66.7 Å². The third-order valence-electron chi connectivity index (χ3n) is 4.44. The van der Waals surface area contributed by atoms with Gasteiger partial charge in [-0.15, -0.1) is 0 Å². The minimum atomic E-state index is 0.903. The molecule has 0 heterocycles. The summed E-state index contributed by atoms with van der Waals surface area (Å²) in [5.74, 6) is 0.903. The molecule has 4 aromatic carbocycles. The van der Waals surface area contributed by atoms with Gasteiger partial charge in [0.15, 0.2) is 0 Å². The van der Waals surface area contributed by atoms with Gasteiger partial charge in [-0.3, -0.25) is 0 Å². The Morgan fingerprint density at radius 2 is 1.30 bits per heavy atom. The highest BCUT2D eigenvalue weighted by Crippen LogP contribution is 2.27. The van der Waals surface area contributed by atoms with E-state index in [-0.39, 0.29) is 0 Å². The Bertz CT molecular complexity index is 980. The van der Waals surface area contributed by atoms with Crippen molar-refractivity contribution >= 4 is 21.5 Å².